The Labute approximate surface area is 115 Å². The maximum Gasteiger partial charge on any atom is 0.316 e. The lowest BCUT2D eigenvalue weighted by molar-refractivity contribution is -0.144. The number of hydrogen-bond donors (Lipinski definition) is 1. The number of carbonyl (C=O) groups is 1. The molecule has 0 fully saturated rings. The van der Waals surface area contributed by atoms with Gasteiger partial charge in [0.15, 0.2) is 0 Å². The zero-order valence-electron chi connectivity index (χ0n) is 13.0. The van der Waals surface area contributed by atoms with Crippen LogP contribution in [0.2, 0.25) is 0 Å². The third-order valence-electron chi connectivity index (χ3n) is 4.15. The number of carbonyl (C=O) groups excluding carboxylic acids is 1. The second-order valence-electron chi connectivity index (χ2n) is 5.80. The highest BCUT2D eigenvalue weighted by Crippen LogP contribution is 2.37. The van der Waals surface area contributed by atoms with Gasteiger partial charge in [-0.05, 0) is 70.2 Å². The molecule has 1 aromatic rings. The molecular formula is C16H24O3. The molecule has 1 aromatic carbocycles. The smallest absolute Gasteiger partial charge is 0.316 e. The standard InChI is InChI=1S/C16H24O3/c1-8-16(6,7)15(18)19-14-11(4)9(2)13(17)10(3)12(14)5/h17H,8H2,1-7H3. The van der Waals surface area contributed by atoms with Gasteiger partial charge in [-0.3, -0.25) is 4.79 Å². The summed E-state index contributed by atoms with van der Waals surface area (Å²) in [6.07, 6.45) is 0.722. The summed E-state index contributed by atoms with van der Waals surface area (Å²) in [6.45, 7) is 13.1. The molecule has 0 aliphatic carbocycles. The third kappa shape index (κ3) is 2.75. The molecule has 0 atom stereocenters. The van der Waals surface area contributed by atoms with Gasteiger partial charge in [0.2, 0.25) is 0 Å². The molecule has 3 heteroatoms. The summed E-state index contributed by atoms with van der Waals surface area (Å²) in [5, 5.41) is 9.99. The number of ether oxygens (including phenoxy) is 1. The van der Waals surface area contributed by atoms with Crippen molar-refractivity contribution in [2.24, 2.45) is 5.41 Å². The highest BCUT2D eigenvalue weighted by Gasteiger charge is 2.29. The van der Waals surface area contributed by atoms with Crippen LogP contribution in [0.15, 0.2) is 0 Å². The van der Waals surface area contributed by atoms with Crippen LogP contribution in [0.1, 0.15) is 49.4 Å². The van der Waals surface area contributed by atoms with Gasteiger partial charge in [-0.2, -0.15) is 0 Å². The zero-order valence-corrected chi connectivity index (χ0v) is 13.0. The molecule has 3 nitrogen and oxygen atoms in total. The Morgan fingerprint density at radius 2 is 1.47 bits per heavy atom. The van der Waals surface area contributed by atoms with Gasteiger partial charge in [-0.25, -0.2) is 0 Å². The zero-order chi connectivity index (χ0) is 15.0. The summed E-state index contributed by atoms with van der Waals surface area (Å²) in [7, 11) is 0. The highest BCUT2D eigenvalue weighted by molar-refractivity contribution is 5.79. The molecular weight excluding hydrogens is 240 g/mol. The Kier molecular flexibility index (Phi) is 4.28. The number of benzene rings is 1. The minimum atomic E-state index is -0.501. The predicted octanol–water partition coefficient (Wildman–Crippen LogP) is 3.97. The van der Waals surface area contributed by atoms with Crippen molar-refractivity contribution >= 4 is 5.97 Å². The quantitative estimate of drug-likeness (QED) is 0.663. The fourth-order valence-corrected chi connectivity index (χ4v) is 1.79. The first kappa shape index (κ1) is 15.5. The number of hydrogen-bond acceptors (Lipinski definition) is 3. The van der Waals surface area contributed by atoms with Gasteiger partial charge >= 0.3 is 5.97 Å². The van der Waals surface area contributed by atoms with Crippen LogP contribution in [0.4, 0.5) is 0 Å². The van der Waals surface area contributed by atoms with E-state index in [0.717, 1.165) is 28.7 Å². The molecule has 19 heavy (non-hydrogen) atoms. The Balaban J connectivity index is 3.27. The fourth-order valence-electron chi connectivity index (χ4n) is 1.79. The molecule has 0 aromatic heterocycles. The summed E-state index contributed by atoms with van der Waals surface area (Å²) >= 11 is 0. The number of esters is 1. The number of aromatic hydroxyl groups is 1. The summed E-state index contributed by atoms with van der Waals surface area (Å²) in [5.74, 6) is 0.634. The largest absolute Gasteiger partial charge is 0.507 e. The summed E-state index contributed by atoms with van der Waals surface area (Å²) < 4.78 is 5.60. The molecule has 0 saturated heterocycles. The van der Waals surface area contributed by atoms with E-state index in [4.69, 9.17) is 4.74 Å². The first-order chi connectivity index (χ1) is 8.63. The first-order valence-electron chi connectivity index (χ1n) is 6.65. The lowest BCUT2D eigenvalue weighted by Crippen LogP contribution is -2.28. The lowest BCUT2D eigenvalue weighted by atomic mass is 9.90. The van der Waals surface area contributed by atoms with E-state index in [9.17, 15) is 9.90 Å². The van der Waals surface area contributed by atoms with Crippen molar-refractivity contribution in [3.8, 4) is 11.5 Å². The van der Waals surface area contributed by atoms with Gasteiger partial charge in [0.25, 0.3) is 0 Å². The minimum absolute atomic E-state index is 0.231. The van der Waals surface area contributed by atoms with E-state index in [2.05, 4.69) is 0 Å². The molecule has 0 aliphatic heterocycles. The Hall–Kier alpha value is -1.51. The second-order valence-corrected chi connectivity index (χ2v) is 5.80. The summed E-state index contributed by atoms with van der Waals surface area (Å²) in [4.78, 5) is 12.2. The first-order valence-corrected chi connectivity index (χ1v) is 6.65. The van der Waals surface area contributed by atoms with Crippen molar-refractivity contribution in [3.05, 3.63) is 22.3 Å². The topological polar surface area (TPSA) is 46.5 Å². The molecule has 1 N–H and O–H groups in total. The van der Waals surface area contributed by atoms with Crippen molar-refractivity contribution in [2.75, 3.05) is 0 Å². The van der Waals surface area contributed by atoms with Gasteiger partial charge in [-0.1, -0.05) is 6.92 Å². The maximum atomic E-state index is 12.2. The monoisotopic (exact) mass is 264 g/mol. The van der Waals surface area contributed by atoms with Crippen LogP contribution in [-0.2, 0) is 4.79 Å². The molecule has 0 aliphatic rings. The molecule has 0 bridgehead atoms. The number of rotatable bonds is 3. The van der Waals surface area contributed by atoms with E-state index in [1.165, 1.54) is 0 Å². The Morgan fingerprint density at radius 1 is 1.05 bits per heavy atom. The normalized spacial score (nSPS) is 11.5. The number of phenols is 1. The van der Waals surface area contributed by atoms with Gasteiger partial charge < -0.3 is 9.84 Å². The van der Waals surface area contributed by atoms with Crippen LogP contribution >= 0.6 is 0 Å². The van der Waals surface area contributed by atoms with Crippen molar-refractivity contribution in [1.82, 2.24) is 0 Å². The highest BCUT2D eigenvalue weighted by atomic mass is 16.5. The molecule has 106 valence electrons. The van der Waals surface area contributed by atoms with Crippen LogP contribution in [0.25, 0.3) is 0 Å². The van der Waals surface area contributed by atoms with Crippen molar-refractivity contribution in [3.63, 3.8) is 0 Å². The van der Waals surface area contributed by atoms with Crippen LogP contribution in [-0.4, -0.2) is 11.1 Å². The Bertz CT molecular complexity index is 484. The molecule has 0 radical (unpaired) electrons. The van der Waals surface area contributed by atoms with Gasteiger partial charge in [0, 0.05) is 0 Å². The van der Waals surface area contributed by atoms with Crippen LogP contribution in [0.5, 0.6) is 11.5 Å². The molecule has 0 spiro atoms. The second kappa shape index (κ2) is 5.24. The molecule has 1 rings (SSSR count). The molecule has 0 amide bonds. The molecule has 0 unspecified atom stereocenters. The van der Waals surface area contributed by atoms with Crippen LogP contribution < -0.4 is 4.74 Å². The van der Waals surface area contributed by atoms with Crippen LogP contribution in [0, 0.1) is 33.1 Å². The Morgan fingerprint density at radius 3 is 1.84 bits per heavy atom. The minimum Gasteiger partial charge on any atom is -0.507 e. The third-order valence-corrected chi connectivity index (χ3v) is 4.15. The van der Waals surface area contributed by atoms with E-state index in [1.54, 1.807) is 0 Å². The van der Waals surface area contributed by atoms with E-state index >= 15 is 0 Å². The molecule has 0 saturated carbocycles. The predicted molar refractivity (Wildman–Crippen MR) is 76.8 cm³/mol. The average Bonchev–Trinajstić information content (AvgIpc) is 2.38. The fraction of sp³-hybridized carbons (Fsp3) is 0.562. The summed E-state index contributed by atoms with van der Waals surface area (Å²) in [5.41, 5.74) is 2.67. The van der Waals surface area contributed by atoms with Crippen LogP contribution in [0.3, 0.4) is 0 Å². The van der Waals surface area contributed by atoms with Crippen molar-refractivity contribution in [2.45, 2.75) is 54.9 Å². The van der Waals surface area contributed by atoms with Gasteiger partial charge in [0.1, 0.15) is 11.5 Å². The average molecular weight is 264 g/mol. The van der Waals surface area contributed by atoms with Gasteiger partial charge in [0.05, 0.1) is 5.41 Å². The van der Waals surface area contributed by atoms with Gasteiger partial charge in [-0.15, -0.1) is 0 Å². The lowest BCUT2D eigenvalue weighted by Gasteiger charge is -2.23. The summed E-state index contributed by atoms with van der Waals surface area (Å²) in [6, 6.07) is 0. The van der Waals surface area contributed by atoms with E-state index in [-0.39, 0.29) is 11.7 Å². The van der Waals surface area contributed by atoms with E-state index < -0.39 is 5.41 Å². The SMILES string of the molecule is CCC(C)(C)C(=O)Oc1c(C)c(C)c(O)c(C)c1C. The van der Waals surface area contributed by atoms with Crippen molar-refractivity contribution < 1.29 is 14.6 Å². The van der Waals surface area contributed by atoms with E-state index in [0.29, 0.717) is 5.75 Å². The number of phenolic OH excluding ortho intramolecular Hbond substituents is 1. The van der Waals surface area contributed by atoms with E-state index in [1.807, 2.05) is 48.5 Å². The maximum absolute atomic E-state index is 12.2. The molecule has 0 heterocycles. The van der Waals surface area contributed by atoms with Crippen molar-refractivity contribution in [1.29, 1.82) is 0 Å².